The number of fused-ring (bicyclic) bond motifs is 1. The number of benzene rings is 1. The standard InChI is InChI=1S/C16H18ClNO3/c1-2-3-4-6-15(19)18-11-12-9-13(17)16-14(10-12)20-7-5-8-21-16/h2-4,6,9-10H,5,7-8,11H2,1H3,(H,18,19)/b3-2+,6-4+. The average molecular weight is 308 g/mol. The first-order chi connectivity index (χ1) is 10.2. The number of hydrogen-bond acceptors (Lipinski definition) is 3. The fourth-order valence-corrected chi connectivity index (χ4v) is 2.18. The molecule has 1 aliphatic heterocycles. The van der Waals surface area contributed by atoms with Gasteiger partial charge < -0.3 is 14.8 Å². The van der Waals surface area contributed by atoms with Crippen molar-refractivity contribution < 1.29 is 14.3 Å². The summed E-state index contributed by atoms with van der Waals surface area (Å²) in [5.74, 6) is 1.06. The minimum Gasteiger partial charge on any atom is -0.489 e. The Hall–Kier alpha value is -1.94. The maximum Gasteiger partial charge on any atom is 0.244 e. The Kier molecular flexibility index (Phi) is 5.69. The molecule has 1 N–H and O–H groups in total. The molecule has 5 heteroatoms. The molecule has 1 aliphatic rings. The maximum absolute atomic E-state index is 11.6. The molecule has 0 saturated carbocycles. The lowest BCUT2D eigenvalue weighted by atomic mass is 10.2. The number of nitrogens with one attached hydrogen (secondary N) is 1. The third-order valence-electron chi connectivity index (χ3n) is 2.88. The molecule has 2 rings (SSSR count). The van der Waals surface area contributed by atoms with Crippen molar-refractivity contribution >= 4 is 17.5 Å². The molecule has 1 heterocycles. The van der Waals surface area contributed by atoms with Gasteiger partial charge >= 0.3 is 0 Å². The molecule has 0 unspecified atom stereocenters. The lowest BCUT2D eigenvalue weighted by Gasteiger charge is -2.11. The molecule has 21 heavy (non-hydrogen) atoms. The number of amides is 1. The molecular formula is C16H18ClNO3. The highest BCUT2D eigenvalue weighted by Gasteiger charge is 2.15. The highest BCUT2D eigenvalue weighted by atomic mass is 35.5. The summed E-state index contributed by atoms with van der Waals surface area (Å²) in [6, 6.07) is 3.63. The first kappa shape index (κ1) is 15.4. The summed E-state index contributed by atoms with van der Waals surface area (Å²) in [5.41, 5.74) is 0.872. The molecule has 0 aliphatic carbocycles. The zero-order chi connectivity index (χ0) is 15.1. The third-order valence-corrected chi connectivity index (χ3v) is 3.16. The molecule has 0 fully saturated rings. The predicted molar refractivity (Wildman–Crippen MR) is 82.9 cm³/mol. The van der Waals surface area contributed by atoms with E-state index in [4.69, 9.17) is 21.1 Å². The van der Waals surface area contributed by atoms with Crippen LogP contribution in [0.25, 0.3) is 0 Å². The molecule has 0 saturated heterocycles. The Balaban J connectivity index is 2.02. The molecule has 0 atom stereocenters. The third kappa shape index (κ3) is 4.53. The number of carbonyl (C=O) groups excluding carboxylic acids is 1. The van der Waals surface area contributed by atoms with Crippen molar-refractivity contribution in [3.05, 3.63) is 47.0 Å². The highest BCUT2D eigenvalue weighted by molar-refractivity contribution is 6.32. The van der Waals surface area contributed by atoms with Crippen molar-refractivity contribution in [3.63, 3.8) is 0 Å². The van der Waals surface area contributed by atoms with Gasteiger partial charge in [-0.3, -0.25) is 4.79 Å². The van der Waals surface area contributed by atoms with Gasteiger partial charge in [-0.15, -0.1) is 0 Å². The van der Waals surface area contributed by atoms with Crippen molar-refractivity contribution in [2.24, 2.45) is 0 Å². The van der Waals surface area contributed by atoms with Gasteiger partial charge in [-0.25, -0.2) is 0 Å². The molecule has 112 valence electrons. The maximum atomic E-state index is 11.6. The summed E-state index contributed by atoms with van der Waals surface area (Å²) >= 11 is 6.20. The van der Waals surface area contributed by atoms with Crippen LogP contribution in [0.4, 0.5) is 0 Å². The zero-order valence-electron chi connectivity index (χ0n) is 11.9. The summed E-state index contributed by atoms with van der Waals surface area (Å²) in [6.45, 7) is 3.47. The molecule has 0 radical (unpaired) electrons. The van der Waals surface area contributed by atoms with Crippen LogP contribution in [0.3, 0.4) is 0 Å². The molecular weight excluding hydrogens is 290 g/mol. The number of ether oxygens (including phenoxy) is 2. The number of allylic oxidation sites excluding steroid dienone is 3. The second-order valence-electron chi connectivity index (χ2n) is 4.56. The Morgan fingerprint density at radius 3 is 2.95 bits per heavy atom. The fraction of sp³-hybridized carbons (Fsp3) is 0.312. The molecule has 0 aromatic heterocycles. The van der Waals surface area contributed by atoms with Crippen molar-refractivity contribution in [2.45, 2.75) is 19.9 Å². The van der Waals surface area contributed by atoms with Crippen molar-refractivity contribution in [1.29, 1.82) is 0 Å². The van der Waals surface area contributed by atoms with Crippen LogP contribution in [0.15, 0.2) is 36.4 Å². The minimum atomic E-state index is -0.156. The van der Waals surface area contributed by atoms with E-state index in [0.717, 1.165) is 12.0 Å². The average Bonchev–Trinajstić information content (AvgIpc) is 2.71. The first-order valence-electron chi connectivity index (χ1n) is 6.86. The van der Waals surface area contributed by atoms with Crippen LogP contribution in [0, 0.1) is 0 Å². The molecule has 0 spiro atoms. The Labute approximate surface area is 129 Å². The van der Waals surface area contributed by atoms with E-state index >= 15 is 0 Å². The van der Waals surface area contributed by atoms with Crippen molar-refractivity contribution in [3.8, 4) is 11.5 Å². The summed E-state index contributed by atoms with van der Waals surface area (Å²) in [7, 11) is 0. The topological polar surface area (TPSA) is 47.6 Å². The monoisotopic (exact) mass is 307 g/mol. The number of halogens is 1. The van der Waals surface area contributed by atoms with Crippen LogP contribution in [0.1, 0.15) is 18.9 Å². The van der Waals surface area contributed by atoms with Crippen molar-refractivity contribution in [2.75, 3.05) is 13.2 Å². The Morgan fingerprint density at radius 2 is 2.14 bits per heavy atom. The summed E-state index contributed by atoms with van der Waals surface area (Å²) in [4.78, 5) is 11.6. The zero-order valence-corrected chi connectivity index (χ0v) is 12.7. The smallest absolute Gasteiger partial charge is 0.244 e. The van der Waals surface area contributed by atoms with Gasteiger partial charge in [0, 0.05) is 19.0 Å². The summed E-state index contributed by atoms with van der Waals surface area (Å²) in [6.07, 6.45) is 7.64. The second kappa shape index (κ2) is 7.74. The molecule has 1 amide bonds. The van der Waals surface area contributed by atoms with E-state index in [0.29, 0.717) is 36.3 Å². The SMILES string of the molecule is C/C=C/C=C/C(=O)NCc1cc(Cl)c2c(c1)OCCCO2. The van der Waals surface area contributed by atoms with E-state index in [1.165, 1.54) is 6.08 Å². The van der Waals surface area contributed by atoms with E-state index in [2.05, 4.69) is 5.32 Å². The minimum absolute atomic E-state index is 0.156. The van der Waals surface area contributed by atoms with E-state index in [1.807, 2.05) is 19.1 Å². The van der Waals surface area contributed by atoms with E-state index < -0.39 is 0 Å². The molecule has 4 nitrogen and oxygen atoms in total. The number of carbonyl (C=O) groups is 1. The van der Waals surface area contributed by atoms with Gasteiger partial charge in [-0.1, -0.05) is 29.8 Å². The van der Waals surface area contributed by atoms with Gasteiger partial charge in [-0.05, 0) is 24.6 Å². The van der Waals surface area contributed by atoms with Crippen LogP contribution >= 0.6 is 11.6 Å². The number of rotatable bonds is 4. The molecule has 0 bridgehead atoms. The van der Waals surface area contributed by atoms with E-state index in [9.17, 15) is 4.79 Å². The van der Waals surface area contributed by atoms with E-state index in [-0.39, 0.29) is 5.91 Å². The number of hydrogen-bond donors (Lipinski definition) is 1. The lowest BCUT2D eigenvalue weighted by Crippen LogP contribution is -2.20. The molecule has 1 aromatic rings. The molecule has 1 aromatic carbocycles. The summed E-state index contributed by atoms with van der Waals surface area (Å²) in [5, 5.41) is 3.30. The lowest BCUT2D eigenvalue weighted by molar-refractivity contribution is -0.116. The highest BCUT2D eigenvalue weighted by Crippen LogP contribution is 2.37. The first-order valence-corrected chi connectivity index (χ1v) is 7.23. The Bertz CT molecular complexity index is 567. The van der Waals surface area contributed by atoms with Gasteiger partial charge in [0.15, 0.2) is 11.5 Å². The van der Waals surface area contributed by atoms with Crippen LogP contribution in [-0.4, -0.2) is 19.1 Å². The van der Waals surface area contributed by atoms with Gasteiger partial charge in [0.2, 0.25) is 5.91 Å². The van der Waals surface area contributed by atoms with Gasteiger partial charge in [0.05, 0.1) is 18.2 Å². The van der Waals surface area contributed by atoms with Gasteiger partial charge in [0.25, 0.3) is 0 Å². The largest absolute Gasteiger partial charge is 0.489 e. The fourth-order valence-electron chi connectivity index (χ4n) is 1.89. The Morgan fingerprint density at radius 1 is 1.33 bits per heavy atom. The second-order valence-corrected chi connectivity index (χ2v) is 4.97. The summed E-state index contributed by atoms with van der Waals surface area (Å²) < 4.78 is 11.2. The van der Waals surface area contributed by atoms with Crippen molar-refractivity contribution in [1.82, 2.24) is 5.32 Å². The van der Waals surface area contributed by atoms with Gasteiger partial charge in [-0.2, -0.15) is 0 Å². The van der Waals surface area contributed by atoms with Gasteiger partial charge in [0.1, 0.15) is 0 Å². The van der Waals surface area contributed by atoms with Crippen LogP contribution in [0.2, 0.25) is 5.02 Å². The van der Waals surface area contributed by atoms with Crippen LogP contribution in [0.5, 0.6) is 11.5 Å². The van der Waals surface area contributed by atoms with Crippen LogP contribution in [-0.2, 0) is 11.3 Å². The van der Waals surface area contributed by atoms with Crippen LogP contribution < -0.4 is 14.8 Å². The quantitative estimate of drug-likeness (QED) is 0.686. The van der Waals surface area contributed by atoms with E-state index in [1.54, 1.807) is 18.2 Å². The predicted octanol–water partition coefficient (Wildman–Crippen LogP) is 3.25. The normalized spacial score (nSPS) is 14.4.